The Kier molecular flexibility index (Phi) is 5.97. The molecule has 2 N–H and O–H groups in total. The largest absolute Gasteiger partial charge is 0.339 e. The van der Waals surface area contributed by atoms with Crippen molar-refractivity contribution in [2.45, 2.75) is 12.8 Å². The van der Waals surface area contributed by atoms with Gasteiger partial charge < -0.3 is 10.6 Å². The van der Waals surface area contributed by atoms with Crippen molar-refractivity contribution >= 4 is 34.9 Å². The molecule has 6 heteroatoms. The summed E-state index contributed by atoms with van der Waals surface area (Å²) in [5.74, 6) is 0.0981. The van der Waals surface area contributed by atoms with Crippen molar-refractivity contribution < 1.29 is 9.59 Å². The van der Waals surface area contributed by atoms with Gasteiger partial charge in [-0.1, -0.05) is 41.4 Å². The third-order valence-corrected chi connectivity index (χ3v) is 5.56. The second kappa shape index (κ2) is 8.21. The van der Waals surface area contributed by atoms with Crippen molar-refractivity contribution in [1.82, 2.24) is 4.90 Å². The first-order valence-electron chi connectivity index (χ1n) is 8.59. The van der Waals surface area contributed by atoms with Gasteiger partial charge in [-0.05, 0) is 49.6 Å². The maximum atomic E-state index is 13.0. The summed E-state index contributed by atoms with van der Waals surface area (Å²) >= 11 is 12.0. The summed E-state index contributed by atoms with van der Waals surface area (Å²) in [6, 6.07) is 11.6. The Hall–Kier alpha value is -1.88. The molecule has 0 unspecified atom stereocenters. The number of halogens is 2. The van der Waals surface area contributed by atoms with Crippen LogP contribution in [0.5, 0.6) is 0 Å². The van der Waals surface area contributed by atoms with Crippen LogP contribution in [0.25, 0.3) is 0 Å². The van der Waals surface area contributed by atoms with Gasteiger partial charge in [0, 0.05) is 24.2 Å². The van der Waals surface area contributed by atoms with Gasteiger partial charge >= 0.3 is 0 Å². The minimum absolute atomic E-state index is 0.121. The Balaban J connectivity index is 1.87. The molecule has 1 fully saturated rings. The van der Waals surface area contributed by atoms with Crippen LogP contribution in [0.2, 0.25) is 10.0 Å². The fraction of sp³-hybridized carbons (Fsp3) is 0.300. The molecule has 0 saturated carbocycles. The van der Waals surface area contributed by atoms with Crippen molar-refractivity contribution in [3.8, 4) is 0 Å². The zero-order valence-electron chi connectivity index (χ0n) is 14.3. The Bertz CT molecular complexity index is 830. The molecule has 0 aromatic heterocycles. The number of carbonyl (C=O) groups is 2. The first-order valence-corrected chi connectivity index (χ1v) is 9.35. The van der Waals surface area contributed by atoms with Crippen molar-refractivity contribution in [1.29, 1.82) is 0 Å². The minimum atomic E-state index is -0.246. The number of ketones is 1. The third kappa shape index (κ3) is 3.93. The highest BCUT2D eigenvalue weighted by atomic mass is 35.5. The summed E-state index contributed by atoms with van der Waals surface area (Å²) in [6.45, 7) is 1.97. The Morgan fingerprint density at radius 1 is 1.00 bits per heavy atom. The van der Waals surface area contributed by atoms with Crippen LogP contribution in [0.4, 0.5) is 0 Å². The lowest BCUT2D eigenvalue weighted by Crippen LogP contribution is -2.40. The summed E-state index contributed by atoms with van der Waals surface area (Å²) in [4.78, 5) is 27.7. The highest BCUT2D eigenvalue weighted by Crippen LogP contribution is 2.26. The van der Waals surface area contributed by atoms with Gasteiger partial charge in [0.15, 0.2) is 5.78 Å². The lowest BCUT2D eigenvalue weighted by Gasteiger charge is -2.31. The molecule has 1 amide bonds. The number of nitrogens with zero attached hydrogens (tertiary/aromatic N) is 1. The van der Waals surface area contributed by atoms with Crippen molar-refractivity contribution in [3.63, 3.8) is 0 Å². The molecule has 1 heterocycles. The average Bonchev–Trinajstić information content (AvgIpc) is 2.69. The molecule has 2 aromatic carbocycles. The average molecular weight is 391 g/mol. The molecule has 0 radical (unpaired) electrons. The molecular weight excluding hydrogens is 371 g/mol. The van der Waals surface area contributed by atoms with E-state index in [2.05, 4.69) is 0 Å². The predicted octanol–water partition coefficient (Wildman–Crippen LogP) is 4.04. The molecule has 0 aliphatic carbocycles. The maximum Gasteiger partial charge on any atom is 0.254 e. The van der Waals surface area contributed by atoms with Crippen LogP contribution in [-0.2, 0) is 0 Å². The van der Waals surface area contributed by atoms with Crippen LogP contribution in [-0.4, -0.2) is 36.2 Å². The minimum Gasteiger partial charge on any atom is -0.339 e. The standard InChI is InChI=1S/C20H20Cl2N2O2/c21-17-6-5-14(11-18(17)22)19(25)15-3-1-2-4-16(15)20(26)24-9-7-13(12-23)8-10-24/h1-6,11,13H,7-10,12,23H2. The topological polar surface area (TPSA) is 63.4 Å². The third-order valence-electron chi connectivity index (χ3n) is 4.82. The van der Waals surface area contributed by atoms with Gasteiger partial charge in [0.05, 0.1) is 15.6 Å². The summed E-state index contributed by atoms with van der Waals surface area (Å²) < 4.78 is 0. The van der Waals surface area contributed by atoms with Crippen LogP contribution in [0.3, 0.4) is 0 Å². The van der Waals surface area contributed by atoms with E-state index in [1.807, 2.05) is 0 Å². The van der Waals surface area contributed by atoms with Crippen molar-refractivity contribution in [3.05, 3.63) is 69.2 Å². The van der Waals surface area contributed by atoms with E-state index in [0.29, 0.717) is 52.3 Å². The molecule has 1 saturated heterocycles. The molecule has 0 spiro atoms. The normalized spacial score (nSPS) is 15.1. The molecule has 26 heavy (non-hydrogen) atoms. The highest BCUT2D eigenvalue weighted by Gasteiger charge is 2.26. The SMILES string of the molecule is NCC1CCN(C(=O)c2ccccc2C(=O)c2ccc(Cl)c(Cl)c2)CC1. The molecule has 136 valence electrons. The van der Waals surface area contributed by atoms with Crippen molar-refractivity contribution in [2.24, 2.45) is 11.7 Å². The fourth-order valence-electron chi connectivity index (χ4n) is 3.20. The first kappa shape index (κ1) is 18.9. The van der Waals surface area contributed by atoms with Gasteiger partial charge in [0.1, 0.15) is 0 Å². The van der Waals surface area contributed by atoms with E-state index in [0.717, 1.165) is 12.8 Å². The molecule has 0 bridgehead atoms. The lowest BCUT2D eigenvalue weighted by atomic mass is 9.94. The molecule has 1 aliphatic heterocycles. The molecule has 3 rings (SSSR count). The van der Waals surface area contributed by atoms with E-state index in [1.54, 1.807) is 41.3 Å². The van der Waals surface area contributed by atoms with Gasteiger partial charge in [0.2, 0.25) is 0 Å². The molecule has 2 aromatic rings. The highest BCUT2D eigenvalue weighted by molar-refractivity contribution is 6.42. The van der Waals surface area contributed by atoms with Gasteiger partial charge in [-0.25, -0.2) is 0 Å². The van der Waals surface area contributed by atoms with Crippen LogP contribution in [0, 0.1) is 5.92 Å². The number of likely N-dealkylation sites (tertiary alicyclic amines) is 1. The van der Waals surface area contributed by atoms with Crippen LogP contribution >= 0.6 is 23.2 Å². The zero-order valence-corrected chi connectivity index (χ0v) is 15.8. The van der Waals surface area contributed by atoms with E-state index in [-0.39, 0.29) is 11.7 Å². The summed E-state index contributed by atoms with van der Waals surface area (Å²) in [6.07, 6.45) is 1.79. The molecule has 4 nitrogen and oxygen atoms in total. The molecule has 1 aliphatic rings. The summed E-state index contributed by atoms with van der Waals surface area (Å²) in [5, 5.41) is 0.695. The van der Waals surface area contributed by atoms with Crippen LogP contribution in [0.1, 0.15) is 39.1 Å². The number of piperidine rings is 1. The number of hydrogen-bond acceptors (Lipinski definition) is 3. The first-order chi connectivity index (χ1) is 12.5. The second-order valence-corrected chi connectivity index (χ2v) is 7.29. The summed E-state index contributed by atoms with van der Waals surface area (Å²) in [7, 11) is 0. The van der Waals surface area contributed by atoms with Gasteiger partial charge in [-0.2, -0.15) is 0 Å². The van der Waals surface area contributed by atoms with Gasteiger partial charge in [-0.3, -0.25) is 9.59 Å². The predicted molar refractivity (Wildman–Crippen MR) is 104 cm³/mol. The lowest BCUT2D eigenvalue weighted by molar-refractivity contribution is 0.0690. The quantitative estimate of drug-likeness (QED) is 0.801. The molecule has 0 atom stereocenters. The number of amides is 1. The van der Waals surface area contributed by atoms with E-state index in [4.69, 9.17) is 28.9 Å². The van der Waals surface area contributed by atoms with Crippen molar-refractivity contribution in [2.75, 3.05) is 19.6 Å². The Labute approximate surface area is 162 Å². The second-order valence-electron chi connectivity index (χ2n) is 6.47. The zero-order chi connectivity index (χ0) is 18.7. The Morgan fingerprint density at radius 3 is 2.27 bits per heavy atom. The van der Waals surface area contributed by atoms with E-state index >= 15 is 0 Å². The van der Waals surface area contributed by atoms with Gasteiger partial charge in [0.25, 0.3) is 5.91 Å². The monoisotopic (exact) mass is 390 g/mol. The number of nitrogens with two attached hydrogens (primary N) is 1. The van der Waals surface area contributed by atoms with Crippen LogP contribution in [0.15, 0.2) is 42.5 Å². The number of benzene rings is 2. The number of carbonyl (C=O) groups excluding carboxylic acids is 2. The van der Waals surface area contributed by atoms with E-state index < -0.39 is 0 Å². The summed E-state index contributed by atoms with van der Waals surface area (Å²) in [5.41, 5.74) is 6.91. The van der Waals surface area contributed by atoms with Crippen LogP contribution < -0.4 is 5.73 Å². The molecular formula is C20H20Cl2N2O2. The van der Waals surface area contributed by atoms with E-state index in [9.17, 15) is 9.59 Å². The smallest absolute Gasteiger partial charge is 0.254 e. The van der Waals surface area contributed by atoms with Gasteiger partial charge in [-0.15, -0.1) is 0 Å². The van der Waals surface area contributed by atoms with E-state index in [1.165, 1.54) is 6.07 Å². The Morgan fingerprint density at radius 2 is 1.65 bits per heavy atom. The number of hydrogen-bond donors (Lipinski definition) is 1. The number of rotatable bonds is 4. The maximum absolute atomic E-state index is 13.0. The fourth-order valence-corrected chi connectivity index (χ4v) is 3.50.